The van der Waals surface area contributed by atoms with E-state index in [-0.39, 0.29) is 79.0 Å². The van der Waals surface area contributed by atoms with Gasteiger partial charge < -0.3 is 67.0 Å². The number of nitrogens with zero attached hydrogens (tertiary/aromatic N) is 10. The third-order valence-electron chi connectivity index (χ3n) is 13.9. The summed E-state index contributed by atoms with van der Waals surface area (Å²) in [6.07, 6.45) is 5.71. The molecule has 0 aliphatic heterocycles. The van der Waals surface area contributed by atoms with Gasteiger partial charge in [0, 0.05) is 57.4 Å². The SMILES string of the molecule is COC(=O)COCn1cc(C(=O)c2nc(C(=O)OC)no2)c2cc(F)ccc21.COC(=O)c1nnc(C(=O)c2c[nH]c3ccc(F)cc23)s1.COC(=O)c1nnc(C(=O)c2c[nH]c3ccc(F)cc23)s1.COC(=O)c1noc(C(=O)c2cn(COC(=O)C(N)C(C)C)c3ccc(F)cc23)n1. The van der Waals surface area contributed by atoms with Crippen LogP contribution in [0.5, 0.6) is 0 Å². The fraction of sp³-hybridized carbons (Fsp3) is 0.194. The normalized spacial score (nSPS) is 11.2. The Morgan fingerprint density at radius 3 is 1.29 bits per heavy atom. The summed E-state index contributed by atoms with van der Waals surface area (Å²) < 4.78 is 99.6. The molecule has 100 heavy (non-hydrogen) atoms. The first-order valence-corrected chi connectivity index (χ1v) is 30.0. The summed E-state index contributed by atoms with van der Waals surface area (Å²) in [5.41, 5.74) is 8.57. The summed E-state index contributed by atoms with van der Waals surface area (Å²) in [6, 6.07) is 15.0. The highest BCUT2D eigenvalue weighted by Crippen LogP contribution is 2.29. The summed E-state index contributed by atoms with van der Waals surface area (Å²) in [5, 5.41) is 22.8. The van der Waals surface area contributed by atoms with Crippen molar-refractivity contribution in [3.05, 3.63) is 187 Å². The molecule has 32 nitrogen and oxygen atoms in total. The van der Waals surface area contributed by atoms with Gasteiger partial charge in [-0.15, -0.1) is 20.4 Å². The fourth-order valence-electron chi connectivity index (χ4n) is 8.87. The molecule has 38 heteroatoms. The number of hydrogen-bond acceptors (Lipinski definition) is 30. The van der Waals surface area contributed by atoms with Gasteiger partial charge >= 0.3 is 35.8 Å². The van der Waals surface area contributed by atoms with Crippen molar-refractivity contribution in [1.29, 1.82) is 0 Å². The number of esters is 6. The Labute approximate surface area is 564 Å². The zero-order valence-electron chi connectivity index (χ0n) is 52.6. The number of aromatic amines is 2. The van der Waals surface area contributed by atoms with Crippen molar-refractivity contribution in [2.24, 2.45) is 11.7 Å². The zero-order valence-corrected chi connectivity index (χ0v) is 54.3. The maximum absolute atomic E-state index is 13.8. The minimum Gasteiger partial charge on any atom is -0.467 e. The number of fused-ring (bicyclic) bond motifs is 4. The average molecular weight is 1420 g/mol. The van der Waals surface area contributed by atoms with Crippen molar-refractivity contribution in [2.75, 3.05) is 42.2 Å². The Morgan fingerprint density at radius 1 is 0.500 bits per heavy atom. The first-order valence-electron chi connectivity index (χ1n) is 28.4. The van der Waals surface area contributed by atoms with Crippen LogP contribution in [0.1, 0.15) is 118 Å². The lowest BCUT2D eigenvalue weighted by molar-refractivity contribution is -0.150. The number of benzene rings is 4. The van der Waals surface area contributed by atoms with Crippen LogP contribution in [0.3, 0.4) is 0 Å². The Bertz CT molecular complexity index is 5000. The topological polar surface area (TPSA) is 432 Å². The van der Waals surface area contributed by atoms with E-state index in [1.807, 2.05) is 0 Å². The van der Waals surface area contributed by atoms with Crippen molar-refractivity contribution in [1.82, 2.24) is 59.8 Å². The molecule has 516 valence electrons. The summed E-state index contributed by atoms with van der Waals surface area (Å²) in [6.45, 7) is 2.92. The molecule has 0 radical (unpaired) electrons. The van der Waals surface area contributed by atoms with E-state index in [1.54, 1.807) is 26.0 Å². The van der Waals surface area contributed by atoms with Crippen LogP contribution in [0, 0.1) is 29.2 Å². The number of aromatic nitrogens is 12. The van der Waals surface area contributed by atoms with E-state index in [1.165, 1.54) is 104 Å². The molecule has 0 aliphatic carbocycles. The Hall–Kier alpha value is -12.4. The van der Waals surface area contributed by atoms with Gasteiger partial charge in [-0.05, 0) is 89.0 Å². The van der Waals surface area contributed by atoms with Crippen LogP contribution in [-0.4, -0.2) is 167 Å². The number of ether oxygens (including phenoxy) is 7. The third kappa shape index (κ3) is 16.2. The molecule has 4 aromatic carbocycles. The number of carbonyl (C=O) groups is 10. The van der Waals surface area contributed by atoms with E-state index in [2.05, 4.69) is 74.3 Å². The summed E-state index contributed by atoms with van der Waals surface area (Å²) in [4.78, 5) is 132. The average Bonchev–Trinajstić information content (AvgIpc) is 1.63. The van der Waals surface area contributed by atoms with E-state index in [9.17, 15) is 65.5 Å². The van der Waals surface area contributed by atoms with Crippen LogP contribution >= 0.6 is 22.7 Å². The van der Waals surface area contributed by atoms with Crippen LogP contribution in [0.25, 0.3) is 43.6 Å². The first-order chi connectivity index (χ1) is 47.9. The number of methoxy groups -OCH3 is 5. The van der Waals surface area contributed by atoms with Gasteiger partial charge in [0.25, 0.3) is 35.0 Å². The highest BCUT2D eigenvalue weighted by molar-refractivity contribution is 7.15. The molecule has 0 aliphatic rings. The lowest BCUT2D eigenvalue weighted by atomic mass is 10.1. The molecule has 8 heterocycles. The van der Waals surface area contributed by atoms with Gasteiger partial charge in [0.1, 0.15) is 42.6 Å². The van der Waals surface area contributed by atoms with Crippen molar-refractivity contribution >= 4 is 125 Å². The minimum atomic E-state index is -0.875. The Kier molecular flexibility index (Phi) is 22.7. The van der Waals surface area contributed by atoms with Gasteiger partial charge in [-0.25, -0.2) is 41.5 Å². The number of carbonyl (C=O) groups excluding carboxylic acids is 10. The predicted octanol–water partition coefficient (Wildman–Crippen LogP) is 7.35. The van der Waals surface area contributed by atoms with Crippen LogP contribution in [0.15, 0.2) is 107 Å². The quantitative estimate of drug-likeness (QED) is 0.0290. The molecule has 0 bridgehead atoms. The van der Waals surface area contributed by atoms with Gasteiger partial charge in [0.2, 0.25) is 21.6 Å². The molecule has 1 unspecified atom stereocenters. The Balaban J connectivity index is 0.000000157. The van der Waals surface area contributed by atoms with Crippen LogP contribution in [0.2, 0.25) is 0 Å². The maximum Gasteiger partial charge on any atom is 0.379 e. The third-order valence-corrected chi connectivity index (χ3v) is 15.7. The summed E-state index contributed by atoms with van der Waals surface area (Å²) in [7, 11) is 5.92. The zero-order chi connectivity index (χ0) is 72.2. The van der Waals surface area contributed by atoms with Gasteiger partial charge in [-0.2, -0.15) is 9.97 Å². The molecule has 0 saturated heterocycles. The smallest absolute Gasteiger partial charge is 0.379 e. The number of halogens is 4. The number of nitrogens with two attached hydrogens (primary N) is 1. The maximum atomic E-state index is 13.8. The molecular formula is C62H49F4N13O19S2. The van der Waals surface area contributed by atoms with Gasteiger partial charge in [0.05, 0.1) is 68.8 Å². The van der Waals surface area contributed by atoms with Gasteiger partial charge in [-0.3, -0.25) is 24.0 Å². The molecule has 0 spiro atoms. The van der Waals surface area contributed by atoms with E-state index >= 15 is 0 Å². The number of nitrogens with one attached hydrogen (secondary N) is 2. The summed E-state index contributed by atoms with van der Waals surface area (Å²) >= 11 is 1.66. The van der Waals surface area contributed by atoms with Crippen molar-refractivity contribution in [2.45, 2.75) is 33.4 Å². The van der Waals surface area contributed by atoms with Crippen LogP contribution in [0.4, 0.5) is 17.6 Å². The van der Waals surface area contributed by atoms with E-state index in [0.717, 1.165) is 49.0 Å². The lowest BCUT2D eigenvalue weighted by Crippen LogP contribution is -2.37. The van der Waals surface area contributed by atoms with Crippen LogP contribution in [-0.2, 0) is 56.2 Å². The lowest BCUT2D eigenvalue weighted by Gasteiger charge is -2.15. The first kappa shape index (κ1) is 71.9. The number of hydrogen-bond donors (Lipinski definition) is 3. The molecule has 12 rings (SSSR count). The molecular weight excluding hydrogens is 1370 g/mol. The van der Waals surface area contributed by atoms with Crippen molar-refractivity contribution < 1.29 is 108 Å². The molecule has 0 amide bonds. The van der Waals surface area contributed by atoms with E-state index in [0.29, 0.717) is 32.8 Å². The highest BCUT2D eigenvalue weighted by atomic mass is 32.1. The van der Waals surface area contributed by atoms with E-state index in [4.69, 9.17) is 24.3 Å². The second-order valence-electron chi connectivity index (χ2n) is 20.5. The van der Waals surface area contributed by atoms with Crippen molar-refractivity contribution in [3.8, 4) is 0 Å². The number of ketones is 4. The molecule has 0 fully saturated rings. The standard InChI is InChI=1S/C19H19FN4O6.C17H14FN3O7.2C13H8FN3O3S/c1-9(2)14(21)18(26)29-8-24-7-12(11-6-10(20)4-5-13(11)24)15(25)17-22-16(23-30-17)19(27)28-3;1-25-13(22)7-27-8-21-6-11(10-5-9(18)3-4-12(10)21)14(23)16-19-15(20-28-16)17(24)26-2;2*1-20-13(19)12-17-16-11(21-12)10(18)8-5-15-9-3-2-6(14)4-7(8)9/h4-7,9,14H,8,21H2,1-3H3;3-6H,7-8H2,1-2H3;2*2-5,15H,1H3. The molecule has 8 aromatic heterocycles. The number of H-pyrrole nitrogens is 2. The largest absolute Gasteiger partial charge is 0.467 e. The molecule has 12 aromatic rings. The van der Waals surface area contributed by atoms with E-state index < -0.39 is 112 Å². The number of rotatable bonds is 20. The minimum absolute atomic E-state index is 0.00753. The summed E-state index contributed by atoms with van der Waals surface area (Å²) in [5.74, 6) is -10.5. The van der Waals surface area contributed by atoms with Crippen LogP contribution < -0.4 is 5.73 Å². The Morgan fingerprint density at radius 2 is 0.890 bits per heavy atom. The van der Waals surface area contributed by atoms with Gasteiger partial charge in [-0.1, -0.05) is 36.5 Å². The molecule has 1 atom stereocenters. The molecule has 0 saturated carbocycles. The highest BCUT2D eigenvalue weighted by Gasteiger charge is 2.29. The fourth-order valence-corrected chi connectivity index (χ4v) is 10.3. The second kappa shape index (κ2) is 31.6. The second-order valence-corrected chi connectivity index (χ2v) is 22.5. The van der Waals surface area contributed by atoms with Gasteiger partial charge in [0.15, 0.2) is 16.7 Å². The van der Waals surface area contributed by atoms with Crippen molar-refractivity contribution in [3.63, 3.8) is 0 Å². The predicted molar refractivity (Wildman–Crippen MR) is 335 cm³/mol. The monoisotopic (exact) mass is 1420 g/mol. The molecule has 4 N–H and O–H groups in total.